The highest BCUT2D eigenvalue weighted by Crippen LogP contribution is 2.29. The molecular formula is C24H24N2O2. The van der Waals surface area contributed by atoms with Crippen molar-refractivity contribution < 1.29 is 9.47 Å². The Morgan fingerprint density at radius 3 is 1.96 bits per heavy atom. The molecule has 0 bridgehead atoms. The molecule has 0 aliphatic heterocycles. The normalized spacial score (nSPS) is 11.0. The summed E-state index contributed by atoms with van der Waals surface area (Å²) in [5.41, 5.74) is 6.95. The van der Waals surface area contributed by atoms with E-state index in [1.54, 1.807) is 14.2 Å². The molecule has 1 heterocycles. The zero-order valence-corrected chi connectivity index (χ0v) is 16.7. The average molecular weight is 372 g/mol. The van der Waals surface area contributed by atoms with Crippen molar-refractivity contribution in [1.29, 1.82) is 0 Å². The van der Waals surface area contributed by atoms with Crippen LogP contribution in [-0.2, 0) is 6.54 Å². The maximum Gasteiger partial charge on any atom is 0.141 e. The number of rotatable bonds is 5. The van der Waals surface area contributed by atoms with E-state index in [2.05, 4.69) is 54.8 Å². The molecule has 4 nitrogen and oxygen atoms in total. The zero-order valence-electron chi connectivity index (χ0n) is 16.7. The Morgan fingerprint density at radius 2 is 1.36 bits per heavy atom. The Morgan fingerprint density at radius 1 is 0.786 bits per heavy atom. The minimum Gasteiger partial charge on any atom is -0.497 e. The summed E-state index contributed by atoms with van der Waals surface area (Å²) in [5.74, 6) is 2.66. The van der Waals surface area contributed by atoms with Crippen LogP contribution in [0.5, 0.6) is 11.5 Å². The van der Waals surface area contributed by atoms with Crippen molar-refractivity contribution in [3.63, 3.8) is 0 Å². The summed E-state index contributed by atoms with van der Waals surface area (Å²) in [5, 5.41) is 0. The molecule has 28 heavy (non-hydrogen) atoms. The molecule has 0 aliphatic carbocycles. The smallest absolute Gasteiger partial charge is 0.141 e. The van der Waals surface area contributed by atoms with Gasteiger partial charge in [-0.15, -0.1) is 0 Å². The highest BCUT2D eigenvalue weighted by Gasteiger charge is 2.14. The van der Waals surface area contributed by atoms with Gasteiger partial charge in [0.1, 0.15) is 17.3 Å². The molecular weight excluding hydrogens is 348 g/mol. The molecule has 4 heteroatoms. The standard InChI is InChI=1S/C24H24N2O2/c1-16-13-22-23(14-17(16)2)26(15-18-5-9-20(27-3)10-6-18)24(25-22)19-7-11-21(28-4)12-8-19/h5-14H,15H2,1-4H3. The number of hydrogen-bond donors (Lipinski definition) is 0. The number of imidazole rings is 1. The third-order valence-corrected chi connectivity index (χ3v) is 5.21. The second-order valence-corrected chi connectivity index (χ2v) is 7.02. The van der Waals surface area contributed by atoms with Gasteiger partial charge >= 0.3 is 0 Å². The van der Waals surface area contributed by atoms with Crippen molar-refractivity contribution in [1.82, 2.24) is 9.55 Å². The van der Waals surface area contributed by atoms with E-state index < -0.39 is 0 Å². The lowest BCUT2D eigenvalue weighted by atomic mass is 10.1. The molecule has 1 aromatic heterocycles. The zero-order chi connectivity index (χ0) is 19.7. The molecule has 0 saturated carbocycles. The van der Waals surface area contributed by atoms with Gasteiger partial charge in [-0.3, -0.25) is 0 Å². The fourth-order valence-electron chi connectivity index (χ4n) is 3.41. The second-order valence-electron chi connectivity index (χ2n) is 7.02. The number of methoxy groups -OCH3 is 2. The molecule has 0 fully saturated rings. The van der Waals surface area contributed by atoms with Crippen LogP contribution in [0.25, 0.3) is 22.4 Å². The summed E-state index contributed by atoms with van der Waals surface area (Å²) < 4.78 is 12.9. The van der Waals surface area contributed by atoms with E-state index in [1.807, 2.05) is 24.3 Å². The molecule has 0 aliphatic rings. The number of fused-ring (bicyclic) bond motifs is 1. The maximum absolute atomic E-state index is 5.30. The van der Waals surface area contributed by atoms with Crippen LogP contribution in [-0.4, -0.2) is 23.8 Å². The fraction of sp³-hybridized carbons (Fsp3) is 0.208. The van der Waals surface area contributed by atoms with E-state index in [0.717, 1.165) is 40.5 Å². The first-order chi connectivity index (χ1) is 13.6. The lowest BCUT2D eigenvalue weighted by Crippen LogP contribution is -2.02. The highest BCUT2D eigenvalue weighted by molar-refractivity contribution is 5.82. The van der Waals surface area contributed by atoms with E-state index >= 15 is 0 Å². The summed E-state index contributed by atoms with van der Waals surface area (Å²) in [6.45, 7) is 5.02. The van der Waals surface area contributed by atoms with Crippen LogP contribution in [0.1, 0.15) is 16.7 Å². The van der Waals surface area contributed by atoms with Crippen LogP contribution in [0, 0.1) is 13.8 Å². The molecule has 0 amide bonds. The summed E-state index contributed by atoms with van der Waals surface area (Å²) in [4.78, 5) is 4.97. The fourth-order valence-corrected chi connectivity index (χ4v) is 3.41. The van der Waals surface area contributed by atoms with Gasteiger partial charge in [0.25, 0.3) is 0 Å². The number of aromatic nitrogens is 2. The van der Waals surface area contributed by atoms with Crippen molar-refractivity contribution in [3.05, 3.63) is 77.4 Å². The maximum atomic E-state index is 5.30. The highest BCUT2D eigenvalue weighted by atomic mass is 16.5. The van der Waals surface area contributed by atoms with Crippen LogP contribution >= 0.6 is 0 Å². The van der Waals surface area contributed by atoms with Gasteiger partial charge in [-0.2, -0.15) is 0 Å². The number of benzene rings is 3. The monoisotopic (exact) mass is 372 g/mol. The van der Waals surface area contributed by atoms with Gasteiger partial charge in [0.05, 0.1) is 25.3 Å². The number of aryl methyl sites for hydroxylation is 2. The number of hydrogen-bond acceptors (Lipinski definition) is 3. The summed E-state index contributed by atoms with van der Waals surface area (Å²) in [6, 6.07) is 20.7. The van der Waals surface area contributed by atoms with Gasteiger partial charge in [-0.1, -0.05) is 12.1 Å². The summed E-state index contributed by atoms with van der Waals surface area (Å²) in [7, 11) is 3.37. The van der Waals surface area contributed by atoms with E-state index in [0.29, 0.717) is 0 Å². The molecule has 4 aromatic rings. The molecule has 0 saturated heterocycles. The SMILES string of the molecule is COc1ccc(Cn2c(-c3ccc(OC)cc3)nc3cc(C)c(C)cc32)cc1. The third kappa shape index (κ3) is 3.33. The van der Waals surface area contributed by atoms with E-state index in [-0.39, 0.29) is 0 Å². The first-order valence-corrected chi connectivity index (χ1v) is 9.34. The number of ether oxygens (including phenoxy) is 2. The molecule has 142 valence electrons. The molecule has 0 N–H and O–H groups in total. The van der Waals surface area contributed by atoms with Gasteiger partial charge in [-0.25, -0.2) is 4.98 Å². The quantitative estimate of drug-likeness (QED) is 0.471. The van der Waals surface area contributed by atoms with Crippen molar-refractivity contribution >= 4 is 11.0 Å². The average Bonchev–Trinajstić information content (AvgIpc) is 3.06. The third-order valence-electron chi connectivity index (χ3n) is 5.21. The van der Waals surface area contributed by atoms with E-state index in [4.69, 9.17) is 14.5 Å². The number of nitrogens with zero attached hydrogens (tertiary/aromatic N) is 2. The van der Waals surface area contributed by atoms with Crippen molar-refractivity contribution in [2.75, 3.05) is 14.2 Å². The Kier molecular flexibility index (Phi) is 4.78. The second kappa shape index (κ2) is 7.39. The van der Waals surface area contributed by atoms with Crippen LogP contribution in [0.2, 0.25) is 0 Å². The lowest BCUT2D eigenvalue weighted by molar-refractivity contribution is 0.414. The van der Waals surface area contributed by atoms with Crippen LogP contribution in [0.3, 0.4) is 0 Å². The molecule has 4 rings (SSSR count). The van der Waals surface area contributed by atoms with Gasteiger partial charge in [0.2, 0.25) is 0 Å². The first kappa shape index (κ1) is 18.1. The minimum absolute atomic E-state index is 0.740. The van der Waals surface area contributed by atoms with Crippen molar-refractivity contribution in [3.8, 4) is 22.9 Å². The minimum atomic E-state index is 0.740. The van der Waals surface area contributed by atoms with Gasteiger partial charge in [0, 0.05) is 12.1 Å². The summed E-state index contributed by atoms with van der Waals surface area (Å²) >= 11 is 0. The van der Waals surface area contributed by atoms with Gasteiger partial charge in [-0.05, 0) is 79.1 Å². The predicted octanol–water partition coefficient (Wildman–Crippen LogP) is 5.39. The van der Waals surface area contributed by atoms with Gasteiger partial charge < -0.3 is 14.0 Å². The lowest BCUT2D eigenvalue weighted by Gasteiger charge is -2.11. The molecule has 0 atom stereocenters. The van der Waals surface area contributed by atoms with Crippen LogP contribution < -0.4 is 9.47 Å². The van der Waals surface area contributed by atoms with Crippen molar-refractivity contribution in [2.45, 2.75) is 20.4 Å². The van der Waals surface area contributed by atoms with E-state index in [9.17, 15) is 0 Å². The van der Waals surface area contributed by atoms with Crippen LogP contribution in [0.4, 0.5) is 0 Å². The molecule has 3 aromatic carbocycles. The largest absolute Gasteiger partial charge is 0.497 e. The Labute approximate surface area is 165 Å². The van der Waals surface area contributed by atoms with Gasteiger partial charge in [0.15, 0.2) is 0 Å². The predicted molar refractivity (Wildman–Crippen MR) is 113 cm³/mol. The first-order valence-electron chi connectivity index (χ1n) is 9.34. The van der Waals surface area contributed by atoms with E-state index in [1.165, 1.54) is 16.7 Å². The van der Waals surface area contributed by atoms with Crippen molar-refractivity contribution in [2.24, 2.45) is 0 Å². The Hall–Kier alpha value is -3.27. The molecule has 0 unspecified atom stereocenters. The summed E-state index contributed by atoms with van der Waals surface area (Å²) in [6.07, 6.45) is 0. The topological polar surface area (TPSA) is 36.3 Å². The van der Waals surface area contributed by atoms with Crippen LogP contribution in [0.15, 0.2) is 60.7 Å². The Bertz CT molecular complexity index is 1110. The Balaban J connectivity index is 1.85. The molecule has 0 spiro atoms. The molecule has 0 radical (unpaired) electrons.